The van der Waals surface area contributed by atoms with E-state index < -0.39 is 6.17 Å². The molecule has 0 amide bonds. The molecule has 0 radical (unpaired) electrons. The van der Waals surface area contributed by atoms with E-state index in [1.165, 1.54) is 18.3 Å². The van der Waals surface area contributed by atoms with Crippen molar-refractivity contribution < 1.29 is 9.50 Å². The van der Waals surface area contributed by atoms with Crippen LogP contribution in [0, 0.1) is 0 Å². The van der Waals surface area contributed by atoms with Crippen LogP contribution in [-0.4, -0.2) is 5.11 Å². The number of fused-ring (bicyclic) bond motifs is 1. The number of alkyl halides is 1. The molecule has 1 unspecified atom stereocenters. The first-order valence-corrected chi connectivity index (χ1v) is 4.85. The number of rotatable bonds is 1. The van der Waals surface area contributed by atoms with Crippen molar-refractivity contribution in [1.82, 2.24) is 0 Å². The van der Waals surface area contributed by atoms with Crippen molar-refractivity contribution in [3.05, 3.63) is 29.1 Å². The lowest BCUT2D eigenvalue weighted by molar-refractivity contribution is 0.380. The van der Waals surface area contributed by atoms with Crippen LogP contribution in [0.3, 0.4) is 0 Å². The maximum absolute atomic E-state index is 12.9. The van der Waals surface area contributed by atoms with Crippen molar-refractivity contribution in [2.24, 2.45) is 0 Å². The van der Waals surface area contributed by atoms with Crippen molar-refractivity contribution in [1.29, 1.82) is 0 Å². The third-order valence-electron chi connectivity index (χ3n) is 1.91. The molecule has 2 rings (SSSR count). The fourth-order valence-electron chi connectivity index (χ4n) is 1.24. The lowest BCUT2D eigenvalue weighted by Gasteiger charge is -1.91. The van der Waals surface area contributed by atoms with Gasteiger partial charge in [-0.05, 0) is 36.6 Å². The van der Waals surface area contributed by atoms with Crippen molar-refractivity contribution in [2.45, 2.75) is 13.1 Å². The van der Waals surface area contributed by atoms with Crippen LogP contribution in [0.5, 0.6) is 5.75 Å². The number of thiophene rings is 1. The fraction of sp³-hybridized carbons (Fsp3) is 0.200. The highest BCUT2D eigenvalue weighted by Gasteiger charge is 2.07. The van der Waals surface area contributed by atoms with E-state index in [1.54, 1.807) is 18.2 Å². The topological polar surface area (TPSA) is 20.2 Å². The molecule has 1 N–H and O–H groups in total. The number of halogens is 1. The van der Waals surface area contributed by atoms with E-state index in [-0.39, 0.29) is 5.75 Å². The third-order valence-corrected chi connectivity index (χ3v) is 3.17. The van der Waals surface area contributed by atoms with Crippen LogP contribution in [0.2, 0.25) is 0 Å². The summed E-state index contributed by atoms with van der Waals surface area (Å²) in [4.78, 5) is 0.709. The number of benzene rings is 1. The zero-order valence-corrected chi connectivity index (χ0v) is 7.94. The monoisotopic (exact) mass is 196 g/mol. The van der Waals surface area contributed by atoms with Crippen LogP contribution in [0.25, 0.3) is 10.1 Å². The van der Waals surface area contributed by atoms with Gasteiger partial charge in [0, 0.05) is 9.58 Å². The van der Waals surface area contributed by atoms with E-state index in [1.807, 2.05) is 6.07 Å². The Bertz CT molecular complexity index is 433. The van der Waals surface area contributed by atoms with Crippen molar-refractivity contribution in [3.63, 3.8) is 0 Å². The van der Waals surface area contributed by atoms with Gasteiger partial charge in [0.1, 0.15) is 11.9 Å². The number of phenols is 1. The molecule has 1 heterocycles. The Hall–Kier alpha value is -1.09. The predicted octanol–water partition coefficient (Wildman–Crippen LogP) is 3.64. The van der Waals surface area contributed by atoms with Gasteiger partial charge >= 0.3 is 0 Å². The smallest absolute Gasteiger partial charge is 0.131 e. The van der Waals surface area contributed by atoms with Gasteiger partial charge < -0.3 is 5.11 Å². The average molecular weight is 196 g/mol. The summed E-state index contributed by atoms with van der Waals surface area (Å²) in [5.41, 5.74) is 0. The second-order valence-electron chi connectivity index (χ2n) is 2.99. The Labute approximate surface area is 79.4 Å². The largest absolute Gasteiger partial charge is 0.508 e. The number of aromatic hydroxyl groups is 1. The van der Waals surface area contributed by atoms with Gasteiger partial charge in [-0.15, -0.1) is 11.3 Å². The first-order valence-electron chi connectivity index (χ1n) is 4.03. The third kappa shape index (κ3) is 1.52. The molecule has 3 heteroatoms. The van der Waals surface area contributed by atoms with Gasteiger partial charge in [-0.2, -0.15) is 0 Å². The van der Waals surface area contributed by atoms with Gasteiger partial charge in [0.15, 0.2) is 0 Å². The van der Waals surface area contributed by atoms with E-state index in [9.17, 15) is 9.50 Å². The summed E-state index contributed by atoms with van der Waals surface area (Å²) in [6, 6.07) is 6.89. The molecule has 2 aromatic rings. The van der Waals surface area contributed by atoms with Crippen LogP contribution in [-0.2, 0) is 0 Å². The number of hydrogen-bond donors (Lipinski definition) is 1. The summed E-state index contributed by atoms with van der Waals surface area (Å²) in [7, 11) is 0. The Morgan fingerprint density at radius 3 is 2.85 bits per heavy atom. The van der Waals surface area contributed by atoms with Gasteiger partial charge in [-0.25, -0.2) is 4.39 Å². The molecule has 0 aliphatic rings. The molecule has 0 saturated heterocycles. The first-order chi connectivity index (χ1) is 6.16. The first kappa shape index (κ1) is 8.51. The molecule has 0 aliphatic heterocycles. The van der Waals surface area contributed by atoms with Crippen molar-refractivity contribution in [3.8, 4) is 5.75 Å². The second-order valence-corrected chi connectivity index (χ2v) is 4.10. The fourth-order valence-corrected chi connectivity index (χ4v) is 2.26. The van der Waals surface area contributed by atoms with Crippen LogP contribution >= 0.6 is 11.3 Å². The Morgan fingerprint density at radius 1 is 1.38 bits per heavy atom. The summed E-state index contributed by atoms with van der Waals surface area (Å²) in [5.74, 6) is 0.229. The van der Waals surface area contributed by atoms with Gasteiger partial charge in [0.2, 0.25) is 0 Å². The highest BCUT2D eigenvalue weighted by atomic mass is 32.1. The molecule has 1 atom stereocenters. The Balaban J connectivity index is 2.62. The minimum atomic E-state index is -0.931. The van der Waals surface area contributed by atoms with Crippen LogP contribution in [0.15, 0.2) is 24.3 Å². The normalized spacial score (nSPS) is 13.4. The van der Waals surface area contributed by atoms with E-state index in [0.29, 0.717) is 4.88 Å². The zero-order chi connectivity index (χ0) is 9.42. The van der Waals surface area contributed by atoms with Gasteiger partial charge in [-0.3, -0.25) is 0 Å². The number of phenolic OH excluding ortho intramolecular Hbond substituents is 1. The van der Waals surface area contributed by atoms with E-state index in [2.05, 4.69) is 0 Å². The van der Waals surface area contributed by atoms with Crippen LogP contribution in [0.1, 0.15) is 18.0 Å². The van der Waals surface area contributed by atoms with Crippen molar-refractivity contribution in [2.75, 3.05) is 0 Å². The molecule has 1 nitrogen and oxygen atoms in total. The lowest BCUT2D eigenvalue weighted by atomic mass is 10.2. The second kappa shape index (κ2) is 3.00. The molecule has 68 valence electrons. The quantitative estimate of drug-likeness (QED) is 0.738. The summed E-state index contributed by atoms with van der Waals surface area (Å²) >= 11 is 1.38. The van der Waals surface area contributed by atoms with E-state index in [4.69, 9.17) is 0 Å². The average Bonchev–Trinajstić information content (AvgIpc) is 2.46. The lowest BCUT2D eigenvalue weighted by Crippen LogP contribution is -1.74. The summed E-state index contributed by atoms with van der Waals surface area (Å²) in [6.07, 6.45) is -0.931. The van der Waals surface area contributed by atoms with E-state index in [0.717, 1.165) is 10.1 Å². The molecule has 0 aliphatic carbocycles. The minimum Gasteiger partial charge on any atom is -0.508 e. The Morgan fingerprint density at radius 2 is 2.15 bits per heavy atom. The molecule has 0 spiro atoms. The van der Waals surface area contributed by atoms with Gasteiger partial charge in [0.05, 0.1) is 0 Å². The minimum absolute atomic E-state index is 0.229. The highest BCUT2D eigenvalue weighted by Crippen LogP contribution is 2.33. The van der Waals surface area contributed by atoms with E-state index >= 15 is 0 Å². The summed E-state index contributed by atoms with van der Waals surface area (Å²) < 4.78 is 13.9. The maximum Gasteiger partial charge on any atom is 0.131 e. The molecule has 0 fully saturated rings. The predicted molar refractivity (Wildman–Crippen MR) is 53.0 cm³/mol. The standard InChI is InChI=1S/C10H9FOS/c1-6(11)9-4-7-2-3-8(12)5-10(7)13-9/h2-6,12H,1H3. The van der Waals surface area contributed by atoms with Gasteiger partial charge in [0.25, 0.3) is 0 Å². The molecular formula is C10H9FOS. The molecule has 1 aromatic heterocycles. The molecule has 1 aromatic carbocycles. The summed E-state index contributed by atoms with van der Waals surface area (Å²) in [6.45, 7) is 1.52. The zero-order valence-electron chi connectivity index (χ0n) is 7.12. The highest BCUT2D eigenvalue weighted by molar-refractivity contribution is 7.19. The Kier molecular flexibility index (Phi) is 1.96. The van der Waals surface area contributed by atoms with Crippen LogP contribution in [0.4, 0.5) is 4.39 Å². The molecule has 0 bridgehead atoms. The molecule has 13 heavy (non-hydrogen) atoms. The van der Waals surface area contributed by atoms with Gasteiger partial charge in [-0.1, -0.05) is 0 Å². The number of hydrogen-bond acceptors (Lipinski definition) is 2. The SMILES string of the molecule is CC(F)c1cc2ccc(O)cc2s1. The van der Waals surface area contributed by atoms with Crippen molar-refractivity contribution >= 4 is 21.4 Å². The summed E-state index contributed by atoms with van der Waals surface area (Å²) in [5, 5.41) is 10.2. The maximum atomic E-state index is 12.9. The van der Waals surface area contributed by atoms with Crippen LogP contribution < -0.4 is 0 Å². The molecular weight excluding hydrogens is 187 g/mol. The molecule has 0 saturated carbocycles.